The van der Waals surface area contributed by atoms with E-state index in [1.165, 1.54) is 28.0 Å². The fraction of sp³-hybridized carbons (Fsp3) is 0.172. The molecule has 0 radical (unpaired) electrons. The molecule has 0 fully saturated rings. The molecule has 1 aliphatic rings. The average molecular weight is 542 g/mol. The summed E-state index contributed by atoms with van der Waals surface area (Å²) in [6, 6.07) is 15.1. The summed E-state index contributed by atoms with van der Waals surface area (Å²) in [4.78, 5) is 36.1. The highest BCUT2D eigenvalue weighted by Crippen LogP contribution is 2.27. The number of thiazole rings is 1. The molecular formula is C29H24FN5O3S. The molecule has 0 spiro atoms. The summed E-state index contributed by atoms with van der Waals surface area (Å²) in [6.07, 6.45) is 3.32. The van der Waals surface area contributed by atoms with Crippen LogP contribution in [0.15, 0.2) is 71.1 Å². The average Bonchev–Trinajstić information content (AvgIpc) is 3.61. The number of fused-ring (bicyclic) bond motifs is 2. The van der Waals surface area contributed by atoms with Crippen LogP contribution in [0.25, 0.3) is 16.0 Å². The number of benzene rings is 2. The van der Waals surface area contributed by atoms with Crippen LogP contribution in [0.2, 0.25) is 0 Å². The summed E-state index contributed by atoms with van der Waals surface area (Å²) < 4.78 is 16.6. The molecule has 0 atom stereocenters. The van der Waals surface area contributed by atoms with Gasteiger partial charge in [0.15, 0.2) is 0 Å². The maximum Gasteiger partial charge on any atom is 0.269 e. The second-order valence-electron chi connectivity index (χ2n) is 9.25. The largest absolute Gasteiger partial charge is 0.396 e. The molecule has 5 aromatic rings. The number of carbonyl (C=O) groups is 1. The van der Waals surface area contributed by atoms with E-state index in [2.05, 4.69) is 20.6 Å². The zero-order chi connectivity index (χ0) is 26.9. The van der Waals surface area contributed by atoms with Crippen LogP contribution in [0, 0.1) is 5.82 Å². The van der Waals surface area contributed by atoms with E-state index in [0.29, 0.717) is 34.4 Å². The van der Waals surface area contributed by atoms with Gasteiger partial charge in [-0.1, -0.05) is 24.3 Å². The van der Waals surface area contributed by atoms with Crippen molar-refractivity contribution in [2.24, 2.45) is 0 Å². The van der Waals surface area contributed by atoms with Gasteiger partial charge in [-0.2, -0.15) is 0 Å². The van der Waals surface area contributed by atoms with Gasteiger partial charge in [0.1, 0.15) is 22.0 Å². The van der Waals surface area contributed by atoms with E-state index in [9.17, 15) is 14.7 Å². The molecule has 6 rings (SSSR count). The SMILES string of the molecule is O=C(Nc1ccc(Cc2ccnc3c2CCN3)c(F)c1)c1cc2ncsc2n(-c2ccccc2CCO)c1=O. The van der Waals surface area contributed by atoms with Crippen molar-refractivity contribution in [2.75, 3.05) is 23.8 Å². The predicted molar refractivity (Wildman–Crippen MR) is 150 cm³/mol. The van der Waals surface area contributed by atoms with E-state index in [-0.39, 0.29) is 17.9 Å². The molecule has 8 nitrogen and oxygen atoms in total. The van der Waals surface area contributed by atoms with Gasteiger partial charge in [0, 0.05) is 31.5 Å². The minimum atomic E-state index is -0.659. The number of aliphatic hydroxyl groups is 1. The Hall–Kier alpha value is -4.41. The van der Waals surface area contributed by atoms with Crippen LogP contribution in [0.5, 0.6) is 0 Å². The van der Waals surface area contributed by atoms with Crippen molar-refractivity contribution >= 4 is 39.1 Å². The maximum absolute atomic E-state index is 15.1. The van der Waals surface area contributed by atoms with Crippen LogP contribution in [0.3, 0.4) is 0 Å². The number of anilines is 2. The predicted octanol–water partition coefficient (Wildman–Crippen LogP) is 4.33. The molecule has 3 aromatic heterocycles. The van der Waals surface area contributed by atoms with Crippen LogP contribution < -0.4 is 16.2 Å². The van der Waals surface area contributed by atoms with Gasteiger partial charge in [-0.05, 0) is 65.4 Å². The molecule has 0 saturated heterocycles. The normalized spacial score (nSPS) is 12.4. The van der Waals surface area contributed by atoms with Crippen molar-refractivity contribution in [3.63, 3.8) is 0 Å². The van der Waals surface area contributed by atoms with Crippen LogP contribution in [-0.2, 0) is 19.3 Å². The number of hydrogen-bond acceptors (Lipinski definition) is 7. The van der Waals surface area contributed by atoms with Crippen LogP contribution in [0.1, 0.15) is 32.6 Å². The third-order valence-electron chi connectivity index (χ3n) is 6.86. The maximum atomic E-state index is 15.1. The standard InChI is InChI=1S/C29H24FN5O3S/c30-23-14-20(6-5-19(23)13-18-7-10-31-26-21(18)8-11-32-26)34-27(37)22-15-24-29(39-16-33-24)35(28(22)38)25-4-2-1-3-17(25)9-12-36/h1-7,10,14-16,36H,8-9,11-13H2,(H,31,32)(H,34,37). The van der Waals surface area contributed by atoms with Crippen molar-refractivity contribution in [2.45, 2.75) is 19.3 Å². The van der Waals surface area contributed by atoms with Gasteiger partial charge in [-0.3, -0.25) is 14.2 Å². The Morgan fingerprint density at radius 1 is 1.10 bits per heavy atom. The van der Waals surface area contributed by atoms with Crippen LogP contribution in [0.4, 0.5) is 15.9 Å². The molecule has 4 heterocycles. The lowest BCUT2D eigenvalue weighted by Gasteiger charge is -2.14. The van der Waals surface area contributed by atoms with Gasteiger partial charge < -0.3 is 15.7 Å². The highest BCUT2D eigenvalue weighted by atomic mass is 32.1. The lowest BCUT2D eigenvalue weighted by molar-refractivity contribution is 0.102. The van der Waals surface area contributed by atoms with Crippen molar-refractivity contribution in [1.82, 2.24) is 14.5 Å². The van der Waals surface area contributed by atoms with E-state index in [4.69, 9.17) is 0 Å². The summed E-state index contributed by atoms with van der Waals surface area (Å²) in [7, 11) is 0. The van der Waals surface area contributed by atoms with Gasteiger partial charge in [-0.25, -0.2) is 14.4 Å². The first kappa shape index (κ1) is 24.9. The van der Waals surface area contributed by atoms with E-state index < -0.39 is 17.3 Å². The fourth-order valence-electron chi connectivity index (χ4n) is 4.98. The number of nitrogens with one attached hydrogen (secondary N) is 2. The fourth-order valence-corrected chi connectivity index (χ4v) is 5.76. The number of aromatic nitrogens is 3. The number of pyridine rings is 2. The second kappa shape index (κ2) is 10.4. The number of para-hydroxylation sites is 1. The summed E-state index contributed by atoms with van der Waals surface area (Å²) in [5.41, 5.74) is 5.67. The molecule has 39 heavy (non-hydrogen) atoms. The summed E-state index contributed by atoms with van der Waals surface area (Å²) >= 11 is 1.29. The Bertz CT molecular complexity index is 1780. The smallest absolute Gasteiger partial charge is 0.269 e. The molecular weight excluding hydrogens is 517 g/mol. The number of carbonyl (C=O) groups excluding carboxylic acids is 1. The van der Waals surface area contributed by atoms with Gasteiger partial charge in [0.05, 0.1) is 16.7 Å². The summed E-state index contributed by atoms with van der Waals surface area (Å²) in [5, 5.41) is 15.4. The highest BCUT2D eigenvalue weighted by Gasteiger charge is 2.21. The van der Waals surface area contributed by atoms with Gasteiger partial charge in [0.25, 0.3) is 11.5 Å². The zero-order valence-electron chi connectivity index (χ0n) is 20.8. The number of nitrogens with zero attached hydrogens (tertiary/aromatic N) is 3. The van der Waals surface area contributed by atoms with Crippen LogP contribution in [-0.4, -0.2) is 38.7 Å². The lowest BCUT2D eigenvalue weighted by Crippen LogP contribution is -2.29. The number of amides is 1. The molecule has 1 amide bonds. The molecule has 2 aromatic carbocycles. The molecule has 196 valence electrons. The number of hydrogen-bond donors (Lipinski definition) is 3. The van der Waals surface area contributed by atoms with Gasteiger partial charge in [0.2, 0.25) is 0 Å². The van der Waals surface area contributed by atoms with Crippen molar-refractivity contribution in [1.29, 1.82) is 0 Å². The Labute approximate surface area is 226 Å². The van der Waals surface area contributed by atoms with E-state index in [0.717, 1.165) is 35.5 Å². The molecule has 1 aliphatic heterocycles. The molecule has 3 N–H and O–H groups in total. The number of rotatable bonds is 7. The number of aliphatic hydroxyl groups excluding tert-OH is 1. The van der Waals surface area contributed by atoms with Gasteiger partial charge >= 0.3 is 0 Å². The molecule has 10 heteroatoms. The topological polar surface area (TPSA) is 109 Å². The van der Waals surface area contributed by atoms with Gasteiger partial charge in [-0.15, -0.1) is 11.3 Å². The molecule has 0 aliphatic carbocycles. The van der Waals surface area contributed by atoms with E-state index in [1.54, 1.807) is 36.0 Å². The van der Waals surface area contributed by atoms with Crippen molar-refractivity contribution in [3.05, 3.63) is 110 Å². The Balaban J connectivity index is 1.31. The monoisotopic (exact) mass is 541 g/mol. The first-order valence-corrected chi connectivity index (χ1v) is 13.4. The first-order chi connectivity index (χ1) is 19.0. The highest BCUT2D eigenvalue weighted by molar-refractivity contribution is 7.16. The minimum absolute atomic E-state index is 0.0835. The van der Waals surface area contributed by atoms with Crippen molar-refractivity contribution in [3.8, 4) is 5.69 Å². The molecule has 0 unspecified atom stereocenters. The Morgan fingerprint density at radius 3 is 2.82 bits per heavy atom. The van der Waals surface area contributed by atoms with E-state index >= 15 is 4.39 Å². The zero-order valence-corrected chi connectivity index (χ0v) is 21.6. The molecule has 0 bridgehead atoms. The number of halogens is 1. The summed E-state index contributed by atoms with van der Waals surface area (Å²) in [5.74, 6) is -0.262. The van der Waals surface area contributed by atoms with Crippen molar-refractivity contribution < 1.29 is 14.3 Å². The lowest BCUT2D eigenvalue weighted by atomic mass is 9.99. The third kappa shape index (κ3) is 4.68. The Kier molecular flexibility index (Phi) is 6.64. The summed E-state index contributed by atoms with van der Waals surface area (Å²) in [6.45, 7) is 0.730. The molecule has 0 saturated carbocycles. The first-order valence-electron chi connectivity index (χ1n) is 12.5. The Morgan fingerprint density at radius 2 is 1.97 bits per heavy atom. The second-order valence-corrected chi connectivity index (χ2v) is 10.1. The minimum Gasteiger partial charge on any atom is -0.396 e. The van der Waals surface area contributed by atoms with Crippen LogP contribution >= 0.6 is 11.3 Å². The van der Waals surface area contributed by atoms with E-state index in [1.807, 2.05) is 18.2 Å². The third-order valence-corrected chi connectivity index (χ3v) is 7.69. The quantitative estimate of drug-likeness (QED) is 0.283.